The van der Waals surface area contributed by atoms with Gasteiger partial charge in [0.25, 0.3) is 0 Å². The van der Waals surface area contributed by atoms with E-state index in [2.05, 4.69) is 0 Å². The van der Waals surface area contributed by atoms with Crippen molar-refractivity contribution in [2.24, 2.45) is 0 Å². The van der Waals surface area contributed by atoms with Crippen LogP contribution in [0.5, 0.6) is 23.0 Å². The zero-order valence-corrected chi connectivity index (χ0v) is 22.5. The monoisotopic (exact) mass is 512 g/mol. The summed E-state index contributed by atoms with van der Waals surface area (Å²) in [5.74, 6) is 1.53. The summed E-state index contributed by atoms with van der Waals surface area (Å²) in [6.45, 7) is 7.77. The first-order valence-corrected chi connectivity index (χ1v) is 12.5. The van der Waals surface area contributed by atoms with Gasteiger partial charge in [0.2, 0.25) is 0 Å². The molecule has 0 saturated heterocycles. The van der Waals surface area contributed by atoms with Crippen LogP contribution in [0, 0.1) is 0 Å². The van der Waals surface area contributed by atoms with Crippen molar-refractivity contribution in [2.75, 3.05) is 14.2 Å². The van der Waals surface area contributed by atoms with E-state index in [4.69, 9.17) is 18.9 Å². The van der Waals surface area contributed by atoms with E-state index in [1.54, 1.807) is 60.7 Å². The van der Waals surface area contributed by atoms with Crippen molar-refractivity contribution in [3.8, 4) is 23.0 Å². The molecule has 0 aromatic heterocycles. The summed E-state index contributed by atoms with van der Waals surface area (Å²) in [6.07, 6.45) is 0.0310. The molecule has 0 radical (unpaired) electrons. The van der Waals surface area contributed by atoms with Gasteiger partial charge in [-0.1, -0.05) is 12.1 Å². The number of carbonyl (C=O) groups excluding carboxylic acids is 2. The van der Waals surface area contributed by atoms with Gasteiger partial charge >= 0.3 is 0 Å². The van der Waals surface area contributed by atoms with Gasteiger partial charge in [-0.15, -0.1) is 0 Å². The Balaban J connectivity index is 1.89. The maximum atomic E-state index is 13.9. The van der Waals surface area contributed by atoms with E-state index in [0.717, 1.165) is 5.39 Å². The van der Waals surface area contributed by atoms with E-state index in [1.165, 1.54) is 14.2 Å². The van der Waals surface area contributed by atoms with Crippen LogP contribution >= 0.6 is 0 Å². The lowest BCUT2D eigenvalue weighted by atomic mass is 9.89. The van der Waals surface area contributed by atoms with E-state index in [9.17, 15) is 9.59 Å². The number of ether oxygens (including phenoxy) is 4. The highest BCUT2D eigenvalue weighted by Gasteiger charge is 2.26. The highest BCUT2D eigenvalue weighted by atomic mass is 16.5. The minimum absolute atomic E-state index is 0.0155. The molecular weight excluding hydrogens is 480 g/mol. The summed E-state index contributed by atoms with van der Waals surface area (Å²) < 4.78 is 22.7. The molecule has 0 aliphatic carbocycles. The number of hydrogen-bond acceptors (Lipinski definition) is 6. The topological polar surface area (TPSA) is 71.1 Å². The largest absolute Gasteiger partial charge is 0.496 e. The van der Waals surface area contributed by atoms with Crippen molar-refractivity contribution in [3.63, 3.8) is 0 Å². The van der Waals surface area contributed by atoms with E-state index < -0.39 is 0 Å². The molecule has 0 atom stereocenters. The third-order valence-corrected chi connectivity index (χ3v) is 5.98. The Morgan fingerprint density at radius 3 is 1.24 bits per heavy atom. The van der Waals surface area contributed by atoms with Crippen LogP contribution in [0.3, 0.4) is 0 Å². The van der Waals surface area contributed by atoms with Crippen LogP contribution in [0.2, 0.25) is 0 Å². The first kappa shape index (κ1) is 26.7. The van der Waals surface area contributed by atoms with E-state index in [0.29, 0.717) is 50.6 Å². The van der Waals surface area contributed by atoms with Crippen LogP contribution in [0.1, 0.15) is 59.5 Å². The summed E-state index contributed by atoms with van der Waals surface area (Å²) in [5.41, 5.74) is 1.49. The SMILES string of the molecule is COc1ccc2ccc(OC)c(C(=O)c3ccc(OC(C)C)cc3)c2c1C(=O)c1ccc(OC(C)C)cc1. The smallest absolute Gasteiger partial charge is 0.197 e. The zero-order valence-electron chi connectivity index (χ0n) is 22.5. The molecular formula is C32H32O6. The van der Waals surface area contributed by atoms with Crippen molar-refractivity contribution >= 4 is 22.3 Å². The summed E-state index contributed by atoms with van der Waals surface area (Å²) in [7, 11) is 3.01. The number of rotatable bonds is 10. The standard InChI is InChI=1S/C32H32O6/c1-19(2)37-24-13-7-22(8-14-24)31(33)29-26(35-5)17-11-21-12-18-27(36-6)30(28(21)29)32(34)23-9-15-25(16-10-23)38-20(3)4/h7-20H,1-6H3. The van der Waals surface area contributed by atoms with Crippen molar-refractivity contribution in [3.05, 3.63) is 95.1 Å². The van der Waals surface area contributed by atoms with Crippen LogP contribution in [0.15, 0.2) is 72.8 Å². The number of fused-ring (bicyclic) bond motifs is 1. The molecule has 4 aromatic rings. The number of benzene rings is 4. The Bertz CT molecular complexity index is 1340. The molecule has 0 aliphatic rings. The lowest BCUT2D eigenvalue weighted by Crippen LogP contribution is -2.11. The fourth-order valence-corrected chi connectivity index (χ4v) is 4.37. The molecule has 0 N–H and O–H groups in total. The Kier molecular flexibility index (Phi) is 8.01. The Morgan fingerprint density at radius 1 is 0.553 bits per heavy atom. The quantitative estimate of drug-likeness (QED) is 0.215. The minimum atomic E-state index is -0.272. The number of carbonyl (C=O) groups is 2. The van der Waals surface area contributed by atoms with Gasteiger partial charge in [-0.2, -0.15) is 0 Å². The maximum Gasteiger partial charge on any atom is 0.197 e. The van der Waals surface area contributed by atoms with Gasteiger partial charge in [-0.25, -0.2) is 0 Å². The summed E-state index contributed by atoms with van der Waals surface area (Å²) in [6, 6.07) is 21.1. The van der Waals surface area contributed by atoms with Crippen molar-refractivity contribution in [2.45, 2.75) is 39.9 Å². The second-order valence-electron chi connectivity index (χ2n) is 9.42. The molecule has 6 nitrogen and oxygen atoms in total. The van der Waals surface area contributed by atoms with Gasteiger partial charge in [0, 0.05) is 16.5 Å². The molecule has 0 spiro atoms. The van der Waals surface area contributed by atoms with Crippen LogP contribution in [0.4, 0.5) is 0 Å². The fraction of sp³-hybridized carbons (Fsp3) is 0.250. The molecule has 4 rings (SSSR count). The minimum Gasteiger partial charge on any atom is -0.496 e. The molecule has 0 amide bonds. The Labute approximate surface area is 223 Å². The average molecular weight is 513 g/mol. The zero-order chi connectivity index (χ0) is 27.4. The predicted octanol–water partition coefficient (Wildman–Crippen LogP) is 6.89. The van der Waals surface area contributed by atoms with Crippen LogP contribution in [-0.4, -0.2) is 38.0 Å². The molecule has 4 aromatic carbocycles. The molecule has 0 unspecified atom stereocenters. The Morgan fingerprint density at radius 2 is 0.921 bits per heavy atom. The average Bonchev–Trinajstić information content (AvgIpc) is 2.91. The normalized spacial score (nSPS) is 11.1. The molecule has 6 heteroatoms. The second-order valence-corrected chi connectivity index (χ2v) is 9.42. The first-order chi connectivity index (χ1) is 18.2. The Hall–Kier alpha value is -4.32. The summed E-state index contributed by atoms with van der Waals surface area (Å²) >= 11 is 0. The highest BCUT2D eigenvalue weighted by molar-refractivity contribution is 6.26. The number of methoxy groups -OCH3 is 2. The van der Waals surface area contributed by atoms with E-state index >= 15 is 0 Å². The van der Waals surface area contributed by atoms with Crippen molar-refractivity contribution < 1.29 is 28.5 Å². The van der Waals surface area contributed by atoms with E-state index in [1.807, 2.05) is 39.8 Å². The van der Waals surface area contributed by atoms with Gasteiger partial charge in [0.05, 0.1) is 37.6 Å². The first-order valence-electron chi connectivity index (χ1n) is 12.5. The molecule has 0 fully saturated rings. The lowest BCUT2D eigenvalue weighted by molar-refractivity contribution is 0.103. The second kappa shape index (κ2) is 11.4. The lowest BCUT2D eigenvalue weighted by Gasteiger charge is -2.17. The molecule has 0 aliphatic heterocycles. The third kappa shape index (κ3) is 5.49. The molecule has 0 heterocycles. The van der Waals surface area contributed by atoms with E-state index in [-0.39, 0.29) is 23.8 Å². The molecule has 38 heavy (non-hydrogen) atoms. The van der Waals surface area contributed by atoms with Gasteiger partial charge in [-0.3, -0.25) is 9.59 Å². The van der Waals surface area contributed by atoms with Gasteiger partial charge in [-0.05, 0) is 93.7 Å². The predicted molar refractivity (Wildman–Crippen MR) is 148 cm³/mol. The number of hydrogen-bond donors (Lipinski definition) is 0. The highest BCUT2D eigenvalue weighted by Crippen LogP contribution is 2.38. The summed E-state index contributed by atoms with van der Waals surface area (Å²) in [5, 5.41) is 1.20. The molecule has 0 saturated carbocycles. The third-order valence-electron chi connectivity index (χ3n) is 5.98. The summed E-state index contributed by atoms with van der Waals surface area (Å²) in [4.78, 5) is 27.9. The van der Waals surface area contributed by atoms with Gasteiger partial charge in [0.15, 0.2) is 11.6 Å². The van der Waals surface area contributed by atoms with Gasteiger partial charge < -0.3 is 18.9 Å². The molecule has 0 bridgehead atoms. The number of ketones is 2. The van der Waals surface area contributed by atoms with Crippen LogP contribution in [0.25, 0.3) is 10.8 Å². The van der Waals surface area contributed by atoms with Crippen LogP contribution in [-0.2, 0) is 0 Å². The van der Waals surface area contributed by atoms with Crippen LogP contribution < -0.4 is 18.9 Å². The van der Waals surface area contributed by atoms with Crippen molar-refractivity contribution in [1.82, 2.24) is 0 Å². The maximum absolute atomic E-state index is 13.9. The van der Waals surface area contributed by atoms with Crippen molar-refractivity contribution in [1.29, 1.82) is 0 Å². The molecule has 196 valence electrons. The van der Waals surface area contributed by atoms with Gasteiger partial charge in [0.1, 0.15) is 23.0 Å². The fourth-order valence-electron chi connectivity index (χ4n) is 4.37.